The lowest BCUT2D eigenvalue weighted by atomic mass is 9.90. The fraction of sp³-hybridized carbons (Fsp3) is 0.643. The second-order valence-electron chi connectivity index (χ2n) is 5.13. The van der Waals surface area contributed by atoms with Gasteiger partial charge in [-0.05, 0) is 31.4 Å². The number of nitrogens with zero attached hydrogens (tertiary/aromatic N) is 2. The first-order chi connectivity index (χ1) is 8.19. The SMILES string of the molecule is CCC1CN(Cc2cccc(C)n2)CCC1N. The maximum atomic E-state index is 6.13. The van der Waals surface area contributed by atoms with E-state index in [-0.39, 0.29) is 0 Å². The number of aryl methyl sites for hydroxylation is 1. The largest absolute Gasteiger partial charge is 0.327 e. The molecule has 0 saturated carbocycles. The fourth-order valence-corrected chi connectivity index (χ4v) is 2.62. The zero-order valence-electron chi connectivity index (χ0n) is 10.9. The molecule has 1 aromatic heterocycles. The van der Waals surface area contributed by atoms with Crippen molar-refractivity contribution in [3.63, 3.8) is 0 Å². The Morgan fingerprint density at radius 3 is 3.00 bits per heavy atom. The Kier molecular flexibility index (Phi) is 4.13. The van der Waals surface area contributed by atoms with Gasteiger partial charge in [-0.3, -0.25) is 9.88 Å². The minimum absolute atomic E-state index is 0.390. The van der Waals surface area contributed by atoms with Crippen molar-refractivity contribution in [2.45, 2.75) is 39.3 Å². The van der Waals surface area contributed by atoms with Gasteiger partial charge in [-0.25, -0.2) is 0 Å². The Hall–Kier alpha value is -0.930. The average molecular weight is 233 g/mol. The molecule has 2 atom stereocenters. The quantitative estimate of drug-likeness (QED) is 0.867. The highest BCUT2D eigenvalue weighted by atomic mass is 15.1. The van der Waals surface area contributed by atoms with Gasteiger partial charge in [-0.1, -0.05) is 19.4 Å². The molecule has 0 radical (unpaired) electrons. The Morgan fingerprint density at radius 2 is 2.29 bits per heavy atom. The van der Waals surface area contributed by atoms with E-state index in [1.165, 1.54) is 12.1 Å². The molecule has 1 fully saturated rings. The van der Waals surface area contributed by atoms with Crippen LogP contribution in [0.1, 0.15) is 31.2 Å². The van der Waals surface area contributed by atoms with Gasteiger partial charge < -0.3 is 5.73 Å². The van der Waals surface area contributed by atoms with Crippen LogP contribution in [0.3, 0.4) is 0 Å². The lowest BCUT2D eigenvalue weighted by Crippen LogP contribution is -2.46. The third kappa shape index (κ3) is 3.27. The van der Waals surface area contributed by atoms with Crippen LogP contribution < -0.4 is 5.73 Å². The van der Waals surface area contributed by atoms with Crippen LogP contribution in [0.2, 0.25) is 0 Å². The Labute approximate surface area is 104 Å². The molecule has 1 aliphatic heterocycles. The molecular weight excluding hydrogens is 210 g/mol. The van der Waals surface area contributed by atoms with Crippen molar-refractivity contribution in [3.8, 4) is 0 Å². The van der Waals surface area contributed by atoms with Crippen molar-refractivity contribution < 1.29 is 0 Å². The van der Waals surface area contributed by atoms with Crippen molar-refractivity contribution >= 4 is 0 Å². The molecule has 0 bridgehead atoms. The lowest BCUT2D eigenvalue weighted by Gasteiger charge is -2.36. The number of aromatic nitrogens is 1. The summed E-state index contributed by atoms with van der Waals surface area (Å²) in [7, 11) is 0. The van der Waals surface area contributed by atoms with Gasteiger partial charge in [-0.2, -0.15) is 0 Å². The van der Waals surface area contributed by atoms with Crippen molar-refractivity contribution in [2.24, 2.45) is 11.7 Å². The molecule has 2 unspecified atom stereocenters. The minimum atomic E-state index is 0.390. The molecule has 1 aromatic rings. The molecule has 2 heterocycles. The number of hydrogen-bond acceptors (Lipinski definition) is 3. The van der Waals surface area contributed by atoms with Gasteiger partial charge in [0.25, 0.3) is 0 Å². The smallest absolute Gasteiger partial charge is 0.0547 e. The molecule has 0 amide bonds. The maximum absolute atomic E-state index is 6.13. The summed E-state index contributed by atoms with van der Waals surface area (Å²) in [6.45, 7) is 7.47. The van der Waals surface area contributed by atoms with Gasteiger partial charge in [0.2, 0.25) is 0 Å². The van der Waals surface area contributed by atoms with E-state index >= 15 is 0 Å². The van der Waals surface area contributed by atoms with E-state index < -0.39 is 0 Å². The summed E-state index contributed by atoms with van der Waals surface area (Å²) in [6.07, 6.45) is 2.29. The van der Waals surface area contributed by atoms with Crippen LogP contribution in [-0.2, 0) is 6.54 Å². The Bertz CT molecular complexity index is 364. The molecule has 1 saturated heterocycles. The molecule has 17 heavy (non-hydrogen) atoms. The highest BCUT2D eigenvalue weighted by Crippen LogP contribution is 2.19. The summed E-state index contributed by atoms with van der Waals surface area (Å²) in [4.78, 5) is 7.05. The standard InChI is InChI=1S/C14H23N3/c1-3-12-9-17(8-7-14(12)15)10-13-6-4-5-11(2)16-13/h4-6,12,14H,3,7-10,15H2,1-2H3. The van der Waals surface area contributed by atoms with E-state index in [0.717, 1.165) is 31.7 Å². The molecule has 0 aromatic carbocycles. The fourth-order valence-electron chi connectivity index (χ4n) is 2.62. The second kappa shape index (κ2) is 5.61. The lowest BCUT2D eigenvalue weighted by molar-refractivity contribution is 0.144. The van der Waals surface area contributed by atoms with Crippen LogP contribution in [-0.4, -0.2) is 29.0 Å². The first kappa shape index (κ1) is 12.5. The molecule has 94 valence electrons. The van der Waals surface area contributed by atoms with E-state index in [2.05, 4.69) is 28.9 Å². The minimum Gasteiger partial charge on any atom is -0.327 e. The summed E-state index contributed by atoms with van der Waals surface area (Å²) < 4.78 is 0. The van der Waals surface area contributed by atoms with Gasteiger partial charge in [0, 0.05) is 31.4 Å². The second-order valence-corrected chi connectivity index (χ2v) is 5.13. The van der Waals surface area contributed by atoms with Crippen LogP contribution in [0.25, 0.3) is 0 Å². The summed E-state index contributed by atoms with van der Waals surface area (Å²) in [5, 5.41) is 0. The first-order valence-corrected chi connectivity index (χ1v) is 6.59. The van der Waals surface area contributed by atoms with Crippen molar-refractivity contribution in [3.05, 3.63) is 29.6 Å². The monoisotopic (exact) mass is 233 g/mol. The number of hydrogen-bond donors (Lipinski definition) is 1. The topological polar surface area (TPSA) is 42.2 Å². The zero-order chi connectivity index (χ0) is 12.3. The van der Waals surface area contributed by atoms with Crippen molar-refractivity contribution in [1.82, 2.24) is 9.88 Å². The highest BCUT2D eigenvalue weighted by molar-refractivity contribution is 5.10. The predicted molar refractivity (Wildman–Crippen MR) is 70.6 cm³/mol. The molecule has 3 nitrogen and oxygen atoms in total. The number of rotatable bonds is 3. The molecule has 2 N–H and O–H groups in total. The van der Waals surface area contributed by atoms with E-state index in [4.69, 9.17) is 5.73 Å². The summed E-state index contributed by atoms with van der Waals surface area (Å²) in [5.41, 5.74) is 8.40. The number of pyridine rings is 1. The third-order valence-electron chi connectivity index (χ3n) is 3.73. The third-order valence-corrected chi connectivity index (χ3v) is 3.73. The van der Waals surface area contributed by atoms with E-state index in [1.807, 2.05) is 13.0 Å². The molecule has 0 spiro atoms. The average Bonchev–Trinajstić information content (AvgIpc) is 2.32. The normalized spacial score (nSPS) is 26.1. The van der Waals surface area contributed by atoms with Gasteiger partial charge in [0.15, 0.2) is 0 Å². The zero-order valence-corrected chi connectivity index (χ0v) is 10.9. The maximum Gasteiger partial charge on any atom is 0.0547 e. The van der Waals surface area contributed by atoms with Crippen molar-refractivity contribution in [1.29, 1.82) is 0 Å². The summed E-state index contributed by atoms with van der Waals surface area (Å²) in [5.74, 6) is 0.647. The van der Waals surface area contributed by atoms with Gasteiger partial charge in [0.05, 0.1) is 5.69 Å². The van der Waals surface area contributed by atoms with Crippen LogP contribution >= 0.6 is 0 Å². The van der Waals surface area contributed by atoms with Gasteiger partial charge in [0.1, 0.15) is 0 Å². The molecular formula is C14H23N3. The first-order valence-electron chi connectivity index (χ1n) is 6.59. The number of nitrogens with two attached hydrogens (primary N) is 1. The van der Waals surface area contributed by atoms with E-state index in [9.17, 15) is 0 Å². The number of piperidine rings is 1. The van der Waals surface area contributed by atoms with E-state index in [1.54, 1.807) is 0 Å². The van der Waals surface area contributed by atoms with Gasteiger partial charge >= 0.3 is 0 Å². The Morgan fingerprint density at radius 1 is 1.47 bits per heavy atom. The van der Waals surface area contributed by atoms with Crippen molar-refractivity contribution in [2.75, 3.05) is 13.1 Å². The molecule has 2 rings (SSSR count). The van der Waals surface area contributed by atoms with Gasteiger partial charge in [-0.15, -0.1) is 0 Å². The predicted octanol–water partition coefficient (Wildman–Crippen LogP) is 1.95. The Balaban J connectivity index is 1.95. The van der Waals surface area contributed by atoms with Crippen LogP contribution in [0, 0.1) is 12.8 Å². The highest BCUT2D eigenvalue weighted by Gasteiger charge is 2.25. The van der Waals surface area contributed by atoms with Crippen LogP contribution in [0.5, 0.6) is 0 Å². The molecule has 3 heteroatoms. The van der Waals surface area contributed by atoms with E-state index in [0.29, 0.717) is 12.0 Å². The summed E-state index contributed by atoms with van der Waals surface area (Å²) >= 11 is 0. The molecule has 1 aliphatic rings. The van der Waals surface area contributed by atoms with Crippen LogP contribution in [0.4, 0.5) is 0 Å². The molecule has 0 aliphatic carbocycles. The van der Waals surface area contributed by atoms with Crippen LogP contribution in [0.15, 0.2) is 18.2 Å². The number of likely N-dealkylation sites (tertiary alicyclic amines) is 1. The summed E-state index contributed by atoms with van der Waals surface area (Å²) in [6, 6.07) is 6.64.